The van der Waals surface area contributed by atoms with Crippen molar-refractivity contribution in [2.75, 3.05) is 19.7 Å². The van der Waals surface area contributed by atoms with Gasteiger partial charge < -0.3 is 9.64 Å². The molecule has 2 aromatic rings. The Labute approximate surface area is 137 Å². The zero-order chi connectivity index (χ0) is 17.1. The summed E-state index contributed by atoms with van der Waals surface area (Å²) in [4.78, 5) is 24.8. The largest absolute Gasteiger partial charge is 0.370 e. The first-order chi connectivity index (χ1) is 11.6. The SMILES string of the molecule is O=Cc1ccc(C(=O)N2CCOC(c3ccc(F)c(F)c3)C2)cc1. The lowest BCUT2D eigenvalue weighted by molar-refractivity contribution is -0.0229. The van der Waals surface area contributed by atoms with Crippen molar-refractivity contribution in [3.8, 4) is 0 Å². The average molecular weight is 331 g/mol. The number of halogens is 2. The van der Waals surface area contributed by atoms with Crippen molar-refractivity contribution in [2.24, 2.45) is 0 Å². The van der Waals surface area contributed by atoms with Crippen LogP contribution in [0.3, 0.4) is 0 Å². The minimum absolute atomic E-state index is 0.191. The number of rotatable bonds is 3. The number of benzene rings is 2. The van der Waals surface area contributed by atoms with Gasteiger partial charge in [0.2, 0.25) is 0 Å². The van der Waals surface area contributed by atoms with Crippen LogP contribution in [-0.2, 0) is 4.74 Å². The molecule has 1 aliphatic rings. The number of nitrogens with zero attached hydrogens (tertiary/aromatic N) is 1. The van der Waals surface area contributed by atoms with Crippen LogP contribution >= 0.6 is 0 Å². The molecule has 0 saturated carbocycles. The molecule has 0 radical (unpaired) electrons. The first kappa shape index (κ1) is 16.3. The van der Waals surface area contributed by atoms with Gasteiger partial charge in [0.05, 0.1) is 13.2 Å². The number of morpholine rings is 1. The summed E-state index contributed by atoms with van der Waals surface area (Å²) < 4.78 is 32.0. The zero-order valence-corrected chi connectivity index (χ0v) is 12.7. The Hall–Kier alpha value is -2.60. The van der Waals surface area contributed by atoms with E-state index in [1.54, 1.807) is 29.2 Å². The van der Waals surface area contributed by atoms with Gasteiger partial charge in [0, 0.05) is 17.7 Å². The number of amides is 1. The number of hydrogen-bond donors (Lipinski definition) is 0. The molecule has 1 aliphatic heterocycles. The highest BCUT2D eigenvalue weighted by molar-refractivity contribution is 5.95. The minimum atomic E-state index is -0.941. The van der Waals surface area contributed by atoms with E-state index in [0.29, 0.717) is 36.1 Å². The highest BCUT2D eigenvalue weighted by Gasteiger charge is 2.26. The third-order valence-electron chi connectivity index (χ3n) is 3.96. The first-order valence-electron chi connectivity index (χ1n) is 7.49. The monoisotopic (exact) mass is 331 g/mol. The first-order valence-corrected chi connectivity index (χ1v) is 7.49. The molecule has 1 fully saturated rings. The fraction of sp³-hybridized carbons (Fsp3) is 0.222. The lowest BCUT2D eigenvalue weighted by Gasteiger charge is -2.33. The molecule has 4 nitrogen and oxygen atoms in total. The predicted molar refractivity (Wildman–Crippen MR) is 82.8 cm³/mol. The second-order valence-electron chi connectivity index (χ2n) is 5.52. The van der Waals surface area contributed by atoms with E-state index < -0.39 is 17.7 Å². The third kappa shape index (κ3) is 3.33. The molecule has 1 saturated heterocycles. The molecule has 0 aromatic heterocycles. The maximum absolute atomic E-state index is 13.4. The van der Waals surface area contributed by atoms with Gasteiger partial charge in [-0.2, -0.15) is 0 Å². The van der Waals surface area contributed by atoms with Crippen molar-refractivity contribution < 1.29 is 23.1 Å². The van der Waals surface area contributed by atoms with E-state index in [4.69, 9.17) is 4.74 Å². The quantitative estimate of drug-likeness (QED) is 0.813. The van der Waals surface area contributed by atoms with Crippen LogP contribution in [0.4, 0.5) is 8.78 Å². The summed E-state index contributed by atoms with van der Waals surface area (Å²) in [6, 6.07) is 9.93. The second-order valence-corrected chi connectivity index (χ2v) is 5.52. The molecule has 3 rings (SSSR count). The van der Waals surface area contributed by atoms with Crippen molar-refractivity contribution in [1.82, 2.24) is 4.90 Å². The van der Waals surface area contributed by atoms with Crippen molar-refractivity contribution in [3.05, 3.63) is 70.8 Å². The van der Waals surface area contributed by atoms with Crippen molar-refractivity contribution in [1.29, 1.82) is 0 Å². The molecule has 1 atom stereocenters. The van der Waals surface area contributed by atoms with Crippen LogP contribution in [-0.4, -0.2) is 36.8 Å². The molecule has 0 spiro atoms. The van der Waals surface area contributed by atoms with Crippen LogP contribution in [0.15, 0.2) is 42.5 Å². The molecule has 1 unspecified atom stereocenters. The highest BCUT2D eigenvalue weighted by atomic mass is 19.2. The standard InChI is InChI=1S/C18H15F2NO3/c19-15-6-5-14(9-16(15)20)17-10-21(7-8-24-17)18(23)13-3-1-12(11-22)2-4-13/h1-6,9,11,17H,7-8,10H2. The van der Waals surface area contributed by atoms with E-state index in [1.807, 2.05) is 0 Å². The van der Waals surface area contributed by atoms with E-state index in [1.165, 1.54) is 6.07 Å². The van der Waals surface area contributed by atoms with Gasteiger partial charge in [-0.1, -0.05) is 18.2 Å². The summed E-state index contributed by atoms with van der Waals surface area (Å²) in [5.74, 6) is -2.05. The van der Waals surface area contributed by atoms with E-state index >= 15 is 0 Å². The second kappa shape index (κ2) is 6.88. The Morgan fingerprint density at radius 1 is 1.12 bits per heavy atom. The molecule has 0 bridgehead atoms. The number of carbonyl (C=O) groups is 2. The molecule has 0 aliphatic carbocycles. The van der Waals surface area contributed by atoms with Crippen LogP contribution in [0.25, 0.3) is 0 Å². The van der Waals surface area contributed by atoms with Gasteiger partial charge in [0.15, 0.2) is 11.6 Å². The number of carbonyl (C=O) groups excluding carboxylic acids is 2. The van der Waals surface area contributed by atoms with E-state index in [9.17, 15) is 18.4 Å². The summed E-state index contributed by atoms with van der Waals surface area (Å²) in [6.45, 7) is 0.968. The number of aldehydes is 1. The molecule has 1 amide bonds. The summed E-state index contributed by atoms with van der Waals surface area (Å²) in [6.07, 6.45) is 0.203. The fourth-order valence-electron chi connectivity index (χ4n) is 2.63. The van der Waals surface area contributed by atoms with Gasteiger partial charge in [-0.25, -0.2) is 8.78 Å². The van der Waals surface area contributed by atoms with Gasteiger partial charge in [-0.05, 0) is 29.8 Å². The fourth-order valence-corrected chi connectivity index (χ4v) is 2.63. The van der Waals surface area contributed by atoms with Crippen LogP contribution in [0.1, 0.15) is 32.4 Å². The summed E-state index contributed by atoms with van der Waals surface area (Å²) in [5.41, 5.74) is 1.45. The van der Waals surface area contributed by atoms with Gasteiger partial charge >= 0.3 is 0 Å². The van der Waals surface area contributed by atoms with Gasteiger partial charge in [0.1, 0.15) is 12.4 Å². The third-order valence-corrected chi connectivity index (χ3v) is 3.96. The van der Waals surface area contributed by atoms with Gasteiger partial charge in [0.25, 0.3) is 5.91 Å². The van der Waals surface area contributed by atoms with Crippen molar-refractivity contribution in [2.45, 2.75) is 6.10 Å². The van der Waals surface area contributed by atoms with Crippen molar-refractivity contribution in [3.63, 3.8) is 0 Å². The normalized spacial score (nSPS) is 17.6. The summed E-state index contributed by atoms with van der Waals surface area (Å²) in [5, 5.41) is 0. The van der Waals surface area contributed by atoms with Gasteiger partial charge in [-0.15, -0.1) is 0 Å². The van der Waals surface area contributed by atoms with E-state index in [0.717, 1.165) is 12.1 Å². The lowest BCUT2D eigenvalue weighted by atomic mass is 10.1. The topological polar surface area (TPSA) is 46.6 Å². The average Bonchev–Trinajstić information content (AvgIpc) is 2.63. The Bertz CT molecular complexity index is 761. The van der Waals surface area contributed by atoms with E-state index in [-0.39, 0.29) is 12.5 Å². The molecule has 0 N–H and O–H groups in total. The maximum Gasteiger partial charge on any atom is 0.254 e. The molecular weight excluding hydrogens is 316 g/mol. The van der Waals surface area contributed by atoms with Gasteiger partial charge in [-0.3, -0.25) is 9.59 Å². The van der Waals surface area contributed by atoms with Crippen LogP contribution in [0.5, 0.6) is 0 Å². The molecule has 2 aromatic carbocycles. The number of ether oxygens (including phenoxy) is 1. The van der Waals surface area contributed by atoms with E-state index in [2.05, 4.69) is 0 Å². The molecule has 6 heteroatoms. The van der Waals surface area contributed by atoms with Crippen LogP contribution in [0, 0.1) is 11.6 Å². The Morgan fingerprint density at radius 2 is 1.88 bits per heavy atom. The molecule has 1 heterocycles. The maximum atomic E-state index is 13.4. The molecular formula is C18H15F2NO3. The molecule has 124 valence electrons. The molecule has 24 heavy (non-hydrogen) atoms. The zero-order valence-electron chi connectivity index (χ0n) is 12.7. The number of hydrogen-bond acceptors (Lipinski definition) is 3. The summed E-state index contributed by atoms with van der Waals surface area (Å²) in [7, 11) is 0. The Morgan fingerprint density at radius 3 is 2.54 bits per heavy atom. The van der Waals surface area contributed by atoms with Crippen LogP contribution < -0.4 is 0 Å². The lowest BCUT2D eigenvalue weighted by Crippen LogP contribution is -2.42. The predicted octanol–water partition coefficient (Wildman–Crippen LogP) is 2.99. The Kier molecular flexibility index (Phi) is 4.66. The van der Waals surface area contributed by atoms with Crippen LogP contribution in [0.2, 0.25) is 0 Å². The highest BCUT2D eigenvalue weighted by Crippen LogP contribution is 2.24. The summed E-state index contributed by atoms with van der Waals surface area (Å²) >= 11 is 0. The van der Waals surface area contributed by atoms with Crippen molar-refractivity contribution >= 4 is 12.2 Å². The Balaban J connectivity index is 1.75. The smallest absolute Gasteiger partial charge is 0.254 e. The minimum Gasteiger partial charge on any atom is -0.370 e.